The number of nitrogens with one attached hydrogen (secondary N) is 2. The highest BCUT2D eigenvalue weighted by atomic mass is 35.5. The summed E-state index contributed by atoms with van der Waals surface area (Å²) < 4.78 is 4.93. The van der Waals surface area contributed by atoms with Gasteiger partial charge in [-0.1, -0.05) is 0 Å². The molecule has 106 valence electrons. The van der Waals surface area contributed by atoms with E-state index in [1.165, 1.54) is 0 Å². The van der Waals surface area contributed by atoms with E-state index < -0.39 is 11.5 Å². The molecule has 18 heavy (non-hydrogen) atoms. The van der Waals surface area contributed by atoms with E-state index in [0.717, 1.165) is 19.4 Å². The summed E-state index contributed by atoms with van der Waals surface area (Å²) in [6.07, 6.45) is 1.87. The molecule has 0 radical (unpaired) electrons. The molecule has 5 nitrogen and oxygen atoms in total. The van der Waals surface area contributed by atoms with E-state index in [0.29, 0.717) is 13.2 Å². The maximum atomic E-state index is 12.0. The third kappa shape index (κ3) is 4.82. The molecule has 0 aromatic carbocycles. The SMILES string of the molecule is CCOC(=O)C(C)(C)NC(=O)C1CCCNC1.Cl. The smallest absolute Gasteiger partial charge is 0.331 e. The quantitative estimate of drug-likeness (QED) is 0.749. The van der Waals surface area contributed by atoms with Gasteiger partial charge in [-0.15, -0.1) is 12.4 Å². The van der Waals surface area contributed by atoms with E-state index in [2.05, 4.69) is 10.6 Å². The van der Waals surface area contributed by atoms with Gasteiger partial charge in [0, 0.05) is 6.54 Å². The van der Waals surface area contributed by atoms with Gasteiger partial charge in [0.2, 0.25) is 5.91 Å². The van der Waals surface area contributed by atoms with Crippen molar-refractivity contribution in [2.24, 2.45) is 5.92 Å². The first-order valence-electron chi connectivity index (χ1n) is 6.17. The molecule has 0 bridgehead atoms. The second-order valence-corrected chi connectivity index (χ2v) is 4.88. The van der Waals surface area contributed by atoms with Gasteiger partial charge in [0.15, 0.2) is 0 Å². The highest BCUT2D eigenvalue weighted by Crippen LogP contribution is 2.13. The van der Waals surface area contributed by atoms with Crippen LogP contribution in [0.25, 0.3) is 0 Å². The summed E-state index contributed by atoms with van der Waals surface area (Å²) in [6.45, 7) is 7.05. The molecule has 1 rings (SSSR count). The van der Waals surface area contributed by atoms with Gasteiger partial charge in [0.05, 0.1) is 12.5 Å². The van der Waals surface area contributed by atoms with Crippen LogP contribution in [-0.2, 0) is 14.3 Å². The van der Waals surface area contributed by atoms with Crippen LogP contribution in [0.15, 0.2) is 0 Å². The van der Waals surface area contributed by atoms with Crippen molar-refractivity contribution >= 4 is 24.3 Å². The molecule has 1 aliphatic heterocycles. The van der Waals surface area contributed by atoms with E-state index in [-0.39, 0.29) is 24.2 Å². The Bertz CT molecular complexity index is 289. The lowest BCUT2D eigenvalue weighted by atomic mass is 9.96. The largest absolute Gasteiger partial charge is 0.464 e. The number of ether oxygens (including phenoxy) is 1. The van der Waals surface area contributed by atoms with Crippen LogP contribution in [0.2, 0.25) is 0 Å². The molecule has 0 saturated carbocycles. The summed E-state index contributed by atoms with van der Waals surface area (Å²) in [7, 11) is 0. The normalized spacial score (nSPS) is 19.6. The number of esters is 1. The number of halogens is 1. The minimum Gasteiger partial charge on any atom is -0.464 e. The standard InChI is InChI=1S/C12H22N2O3.ClH/c1-4-17-11(16)12(2,3)14-10(15)9-6-5-7-13-8-9;/h9,13H,4-8H2,1-3H3,(H,14,15);1H. The molecule has 1 aliphatic rings. The van der Waals surface area contributed by atoms with E-state index in [1.807, 2.05) is 0 Å². The Labute approximate surface area is 114 Å². The van der Waals surface area contributed by atoms with Crippen molar-refractivity contribution in [2.75, 3.05) is 19.7 Å². The summed E-state index contributed by atoms with van der Waals surface area (Å²) in [5.41, 5.74) is -0.954. The maximum absolute atomic E-state index is 12.0. The number of rotatable bonds is 4. The number of amides is 1. The average Bonchev–Trinajstić information content (AvgIpc) is 2.30. The van der Waals surface area contributed by atoms with Crippen molar-refractivity contribution in [3.8, 4) is 0 Å². The monoisotopic (exact) mass is 278 g/mol. The van der Waals surface area contributed by atoms with Crippen LogP contribution in [0, 0.1) is 5.92 Å². The van der Waals surface area contributed by atoms with Crippen LogP contribution in [0.4, 0.5) is 0 Å². The molecule has 0 aromatic rings. The Kier molecular flexibility index (Phi) is 7.25. The molecule has 1 saturated heterocycles. The predicted octanol–water partition coefficient (Wildman–Crippen LogP) is 0.866. The fourth-order valence-electron chi connectivity index (χ4n) is 1.85. The minimum absolute atomic E-state index is 0. The van der Waals surface area contributed by atoms with E-state index in [9.17, 15) is 9.59 Å². The Morgan fingerprint density at radius 3 is 2.61 bits per heavy atom. The molecule has 0 aliphatic carbocycles. The van der Waals surface area contributed by atoms with E-state index in [1.54, 1.807) is 20.8 Å². The molecule has 6 heteroatoms. The van der Waals surface area contributed by atoms with Gasteiger partial charge in [-0.05, 0) is 40.2 Å². The Morgan fingerprint density at radius 2 is 2.11 bits per heavy atom. The van der Waals surface area contributed by atoms with Crippen molar-refractivity contribution in [2.45, 2.75) is 39.2 Å². The van der Waals surface area contributed by atoms with Gasteiger partial charge >= 0.3 is 5.97 Å². The number of piperidine rings is 1. The van der Waals surface area contributed by atoms with Crippen molar-refractivity contribution < 1.29 is 14.3 Å². The first-order valence-corrected chi connectivity index (χ1v) is 6.17. The molecule has 0 aromatic heterocycles. The van der Waals surface area contributed by atoms with Gasteiger partial charge < -0.3 is 15.4 Å². The minimum atomic E-state index is -0.954. The van der Waals surface area contributed by atoms with Crippen LogP contribution >= 0.6 is 12.4 Å². The van der Waals surface area contributed by atoms with Gasteiger partial charge in [-0.3, -0.25) is 4.79 Å². The molecule has 1 fully saturated rings. The van der Waals surface area contributed by atoms with Crippen LogP contribution in [0.3, 0.4) is 0 Å². The lowest BCUT2D eigenvalue weighted by Crippen LogP contribution is -2.54. The average molecular weight is 279 g/mol. The zero-order valence-electron chi connectivity index (χ0n) is 11.2. The topological polar surface area (TPSA) is 67.4 Å². The molecule has 1 atom stereocenters. The van der Waals surface area contributed by atoms with Crippen LogP contribution in [0.5, 0.6) is 0 Å². The summed E-state index contributed by atoms with van der Waals surface area (Å²) in [5, 5.41) is 5.94. The van der Waals surface area contributed by atoms with Crippen molar-refractivity contribution in [1.82, 2.24) is 10.6 Å². The fourth-order valence-corrected chi connectivity index (χ4v) is 1.85. The van der Waals surface area contributed by atoms with Gasteiger partial charge in [0.25, 0.3) is 0 Å². The Morgan fingerprint density at radius 1 is 1.44 bits per heavy atom. The summed E-state index contributed by atoms with van der Waals surface area (Å²) in [6, 6.07) is 0. The van der Waals surface area contributed by atoms with Gasteiger partial charge in [0.1, 0.15) is 5.54 Å². The third-order valence-electron chi connectivity index (χ3n) is 2.89. The maximum Gasteiger partial charge on any atom is 0.331 e. The van der Waals surface area contributed by atoms with Crippen molar-refractivity contribution in [3.63, 3.8) is 0 Å². The lowest BCUT2D eigenvalue weighted by molar-refractivity contribution is -0.152. The molecular weight excluding hydrogens is 256 g/mol. The second-order valence-electron chi connectivity index (χ2n) is 4.88. The predicted molar refractivity (Wildman–Crippen MR) is 71.7 cm³/mol. The second kappa shape index (κ2) is 7.59. The summed E-state index contributed by atoms with van der Waals surface area (Å²) in [4.78, 5) is 23.6. The van der Waals surface area contributed by atoms with Crippen LogP contribution in [0.1, 0.15) is 33.6 Å². The zero-order valence-corrected chi connectivity index (χ0v) is 12.1. The summed E-state index contributed by atoms with van der Waals surface area (Å²) in [5.74, 6) is -0.509. The van der Waals surface area contributed by atoms with Crippen LogP contribution in [-0.4, -0.2) is 37.1 Å². The zero-order chi connectivity index (χ0) is 12.9. The molecule has 1 heterocycles. The molecule has 1 unspecified atom stereocenters. The Hall–Kier alpha value is -0.810. The van der Waals surface area contributed by atoms with E-state index >= 15 is 0 Å². The van der Waals surface area contributed by atoms with Crippen molar-refractivity contribution in [1.29, 1.82) is 0 Å². The first-order chi connectivity index (χ1) is 7.97. The molecule has 1 amide bonds. The number of hydrogen-bond donors (Lipinski definition) is 2. The number of carbonyl (C=O) groups is 2. The summed E-state index contributed by atoms with van der Waals surface area (Å²) >= 11 is 0. The van der Waals surface area contributed by atoms with Gasteiger partial charge in [-0.2, -0.15) is 0 Å². The van der Waals surface area contributed by atoms with Gasteiger partial charge in [-0.25, -0.2) is 4.79 Å². The molecule has 2 N–H and O–H groups in total. The fraction of sp³-hybridized carbons (Fsp3) is 0.833. The highest BCUT2D eigenvalue weighted by molar-refractivity contribution is 5.88. The number of hydrogen-bond acceptors (Lipinski definition) is 4. The highest BCUT2D eigenvalue weighted by Gasteiger charge is 2.33. The van der Waals surface area contributed by atoms with Crippen LogP contribution < -0.4 is 10.6 Å². The van der Waals surface area contributed by atoms with Crippen molar-refractivity contribution in [3.05, 3.63) is 0 Å². The van der Waals surface area contributed by atoms with E-state index in [4.69, 9.17) is 4.74 Å². The Balaban J connectivity index is 0.00000289. The lowest BCUT2D eigenvalue weighted by Gasteiger charge is -2.28. The molecule has 0 spiro atoms. The first kappa shape index (κ1) is 17.2. The number of carbonyl (C=O) groups excluding carboxylic acids is 2. The molecular formula is C12H23ClN2O3. The third-order valence-corrected chi connectivity index (χ3v) is 2.89.